The first-order chi connectivity index (χ1) is 11.2. The third-order valence-corrected chi connectivity index (χ3v) is 3.48. The molecule has 1 aromatic carbocycles. The number of aliphatic imine (C=N–C) groups is 3. The van der Waals surface area contributed by atoms with Crippen molar-refractivity contribution in [1.82, 2.24) is 0 Å². The molecule has 2 aliphatic rings. The predicted molar refractivity (Wildman–Crippen MR) is 93.3 cm³/mol. The van der Waals surface area contributed by atoms with E-state index in [4.69, 9.17) is 5.73 Å². The standard InChI is InChI=1S/C16H18N6O/c1-2-7-18-11-3-5-12(6-4-11)19-8-10-9-20-14-13(10)15(23)22-16(17)21-14/h3-6,9,18-19H,2,7-8H2,1H3,(H2,17,22,23). The average molecular weight is 310 g/mol. The van der Waals surface area contributed by atoms with Gasteiger partial charge in [-0.2, -0.15) is 9.98 Å². The van der Waals surface area contributed by atoms with Gasteiger partial charge in [-0.15, -0.1) is 0 Å². The second-order valence-electron chi connectivity index (χ2n) is 5.23. The van der Waals surface area contributed by atoms with Gasteiger partial charge < -0.3 is 16.4 Å². The molecule has 4 N–H and O–H groups in total. The van der Waals surface area contributed by atoms with Crippen molar-refractivity contribution in [2.45, 2.75) is 13.3 Å². The number of hydrogen-bond donors (Lipinski definition) is 3. The highest BCUT2D eigenvalue weighted by Crippen LogP contribution is 2.20. The van der Waals surface area contributed by atoms with Crippen molar-refractivity contribution in [2.75, 3.05) is 23.7 Å². The summed E-state index contributed by atoms with van der Waals surface area (Å²) in [5.74, 6) is -0.0883. The van der Waals surface area contributed by atoms with Crippen LogP contribution in [0.1, 0.15) is 13.3 Å². The highest BCUT2D eigenvalue weighted by Gasteiger charge is 2.27. The Morgan fingerprint density at radius 2 is 1.78 bits per heavy atom. The monoisotopic (exact) mass is 310 g/mol. The summed E-state index contributed by atoms with van der Waals surface area (Å²) in [5, 5.41) is 6.59. The van der Waals surface area contributed by atoms with Crippen molar-refractivity contribution < 1.29 is 4.79 Å². The lowest BCUT2D eigenvalue weighted by molar-refractivity contribution is -0.113. The van der Waals surface area contributed by atoms with Gasteiger partial charge in [0.2, 0.25) is 5.96 Å². The molecule has 0 saturated carbocycles. The fourth-order valence-electron chi connectivity index (χ4n) is 2.33. The second kappa shape index (κ2) is 6.43. The van der Waals surface area contributed by atoms with Gasteiger partial charge in [-0.3, -0.25) is 4.79 Å². The second-order valence-corrected chi connectivity index (χ2v) is 5.23. The summed E-state index contributed by atoms with van der Waals surface area (Å²) in [7, 11) is 0. The minimum absolute atomic E-state index is 0.0460. The van der Waals surface area contributed by atoms with Crippen LogP contribution in [0.4, 0.5) is 11.4 Å². The lowest BCUT2D eigenvalue weighted by Gasteiger charge is -2.10. The van der Waals surface area contributed by atoms with E-state index < -0.39 is 0 Å². The van der Waals surface area contributed by atoms with Gasteiger partial charge >= 0.3 is 0 Å². The lowest BCUT2D eigenvalue weighted by Crippen LogP contribution is -2.23. The van der Waals surface area contributed by atoms with E-state index in [1.807, 2.05) is 24.3 Å². The van der Waals surface area contributed by atoms with Crippen LogP contribution in [0.5, 0.6) is 0 Å². The van der Waals surface area contributed by atoms with Gasteiger partial charge in [-0.25, -0.2) is 4.99 Å². The van der Waals surface area contributed by atoms with Crippen molar-refractivity contribution in [1.29, 1.82) is 0 Å². The summed E-state index contributed by atoms with van der Waals surface area (Å²) in [6, 6.07) is 8.01. The quantitative estimate of drug-likeness (QED) is 0.741. The van der Waals surface area contributed by atoms with Gasteiger partial charge in [0, 0.05) is 36.3 Å². The number of fused-ring (bicyclic) bond motifs is 1. The number of carbonyl (C=O) groups is 1. The molecule has 0 aromatic heterocycles. The van der Waals surface area contributed by atoms with Gasteiger partial charge in [0.15, 0.2) is 5.84 Å². The summed E-state index contributed by atoms with van der Waals surface area (Å²) in [6.07, 6.45) is 2.71. The summed E-state index contributed by atoms with van der Waals surface area (Å²) in [6.45, 7) is 3.55. The van der Waals surface area contributed by atoms with Gasteiger partial charge in [0.1, 0.15) is 0 Å². The molecule has 0 saturated heterocycles. The molecule has 23 heavy (non-hydrogen) atoms. The van der Waals surface area contributed by atoms with E-state index in [2.05, 4.69) is 32.5 Å². The van der Waals surface area contributed by atoms with E-state index in [9.17, 15) is 4.79 Å². The van der Waals surface area contributed by atoms with E-state index >= 15 is 0 Å². The average Bonchev–Trinajstić information content (AvgIpc) is 2.95. The third kappa shape index (κ3) is 3.28. The molecule has 1 aromatic rings. The Kier molecular flexibility index (Phi) is 4.18. The Morgan fingerprint density at radius 3 is 2.48 bits per heavy atom. The summed E-state index contributed by atoms with van der Waals surface area (Å²) < 4.78 is 0. The Balaban J connectivity index is 1.66. The topological polar surface area (TPSA) is 104 Å². The van der Waals surface area contributed by atoms with E-state index in [1.165, 1.54) is 0 Å². The predicted octanol–water partition coefficient (Wildman–Crippen LogP) is 1.55. The van der Waals surface area contributed by atoms with E-state index in [0.29, 0.717) is 18.0 Å². The van der Waals surface area contributed by atoms with Gasteiger partial charge in [0.05, 0.1) is 5.57 Å². The molecule has 0 atom stereocenters. The molecule has 0 fully saturated rings. The molecule has 0 spiro atoms. The number of anilines is 2. The minimum atomic E-state index is -0.388. The van der Waals surface area contributed by atoms with Crippen molar-refractivity contribution in [2.24, 2.45) is 20.7 Å². The van der Waals surface area contributed by atoms with E-state index in [-0.39, 0.29) is 11.9 Å². The number of amidine groups is 1. The molecule has 0 aliphatic carbocycles. The number of amides is 1. The van der Waals surface area contributed by atoms with Crippen LogP contribution >= 0.6 is 0 Å². The summed E-state index contributed by atoms with van der Waals surface area (Å²) >= 11 is 0. The minimum Gasteiger partial charge on any atom is -0.385 e. The molecule has 7 heteroatoms. The number of benzene rings is 1. The third-order valence-electron chi connectivity index (χ3n) is 3.48. The molecule has 1 amide bonds. The first-order valence-corrected chi connectivity index (χ1v) is 7.50. The molecule has 7 nitrogen and oxygen atoms in total. The zero-order chi connectivity index (χ0) is 16.2. The van der Waals surface area contributed by atoms with Crippen molar-refractivity contribution in [3.05, 3.63) is 35.4 Å². The zero-order valence-corrected chi connectivity index (χ0v) is 12.8. The first-order valence-electron chi connectivity index (χ1n) is 7.50. The molecule has 118 valence electrons. The van der Waals surface area contributed by atoms with Gasteiger partial charge in [-0.05, 0) is 30.7 Å². The van der Waals surface area contributed by atoms with Crippen LogP contribution in [-0.4, -0.2) is 37.0 Å². The van der Waals surface area contributed by atoms with Crippen LogP contribution in [0.3, 0.4) is 0 Å². The molecule has 0 bridgehead atoms. The van der Waals surface area contributed by atoms with Crippen LogP contribution in [0.2, 0.25) is 0 Å². The summed E-state index contributed by atoms with van der Waals surface area (Å²) in [4.78, 5) is 23.7. The van der Waals surface area contributed by atoms with Crippen LogP contribution in [0.25, 0.3) is 0 Å². The number of guanidine groups is 1. The Labute approximate surface area is 134 Å². The number of carbonyl (C=O) groups excluding carboxylic acids is 1. The van der Waals surface area contributed by atoms with Crippen LogP contribution in [0.15, 0.2) is 50.4 Å². The van der Waals surface area contributed by atoms with Crippen molar-refractivity contribution >= 4 is 35.3 Å². The lowest BCUT2D eigenvalue weighted by atomic mass is 10.1. The van der Waals surface area contributed by atoms with Gasteiger partial charge in [-0.1, -0.05) is 6.92 Å². The fourth-order valence-corrected chi connectivity index (χ4v) is 2.33. The molecule has 0 unspecified atom stereocenters. The number of hydrogen-bond acceptors (Lipinski definition) is 6. The Morgan fingerprint density at radius 1 is 1.09 bits per heavy atom. The molecular weight excluding hydrogens is 292 g/mol. The zero-order valence-electron chi connectivity index (χ0n) is 12.8. The van der Waals surface area contributed by atoms with Gasteiger partial charge in [0.25, 0.3) is 5.91 Å². The molecule has 2 heterocycles. The Hall–Kier alpha value is -2.96. The number of rotatable bonds is 6. The normalized spacial score (nSPS) is 16.1. The molecule has 0 radical (unpaired) electrons. The molecular formula is C16H18N6O. The summed E-state index contributed by atoms with van der Waals surface area (Å²) in [5.41, 5.74) is 8.70. The number of nitrogens with one attached hydrogen (secondary N) is 2. The first kappa shape index (κ1) is 15.0. The van der Waals surface area contributed by atoms with Crippen LogP contribution < -0.4 is 16.4 Å². The Bertz CT molecular complexity index is 742. The van der Waals surface area contributed by atoms with E-state index in [1.54, 1.807) is 6.21 Å². The maximum Gasteiger partial charge on any atom is 0.284 e. The highest BCUT2D eigenvalue weighted by molar-refractivity contribution is 6.34. The van der Waals surface area contributed by atoms with Crippen LogP contribution in [0, 0.1) is 0 Å². The van der Waals surface area contributed by atoms with Crippen molar-refractivity contribution in [3.63, 3.8) is 0 Å². The van der Waals surface area contributed by atoms with E-state index in [0.717, 1.165) is 29.9 Å². The van der Waals surface area contributed by atoms with Crippen molar-refractivity contribution in [3.8, 4) is 0 Å². The smallest absolute Gasteiger partial charge is 0.284 e. The molecule has 3 rings (SSSR count). The van der Waals surface area contributed by atoms with Crippen LogP contribution in [-0.2, 0) is 4.79 Å². The number of nitrogens with two attached hydrogens (primary N) is 1. The molecule has 2 aliphatic heterocycles. The fraction of sp³-hybridized carbons (Fsp3) is 0.250. The SMILES string of the molecule is CCCNc1ccc(NCC2=C3C(=O)N=C(N)N=C3N=C2)cc1. The number of nitrogens with zero attached hydrogens (tertiary/aromatic N) is 3. The highest BCUT2D eigenvalue weighted by atomic mass is 16.1. The maximum atomic E-state index is 11.9. The largest absolute Gasteiger partial charge is 0.385 e. The maximum absolute atomic E-state index is 11.9.